The third-order valence-electron chi connectivity index (χ3n) is 3.97. The van der Waals surface area contributed by atoms with Gasteiger partial charge in [-0.05, 0) is 38.6 Å². The van der Waals surface area contributed by atoms with Crippen molar-refractivity contribution < 1.29 is 0 Å². The van der Waals surface area contributed by atoms with E-state index in [-0.39, 0.29) is 0 Å². The minimum Gasteiger partial charge on any atom is -0.313 e. The van der Waals surface area contributed by atoms with Crippen LogP contribution in [0.15, 0.2) is 0 Å². The second-order valence-corrected chi connectivity index (χ2v) is 6.12. The van der Waals surface area contributed by atoms with Crippen LogP contribution in [0.4, 0.5) is 0 Å². The van der Waals surface area contributed by atoms with E-state index >= 15 is 0 Å². The normalized spacial score (nSPS) is 20.8. The molecule has 1 saturated carbocycles. The van der Waals surface area contributed by atoms with Gasteiger partial charge < -0.3 is 5.32 Å². The summed E-state index contributed by atoms with van der Waals surface area (Å²) in [6.07, 6.45) is 2.88. The maximum absolute atomic E-state index is 3.58. The third-order valence-corrected chi connectivity index (χ3v) is 3.97. The van der Waals surface area contributed by atoms with E-state index in [1.165, 1.54) is 12.8 Å². The monoisotopic (exact) mass is 226 g/mol. The van der Waals surface area contributed by atoms with E-state index in [2.05, 4.69) is 51.9 Å². The lowest BCUT2D eigenvalue weighted by Crippen LogP contribution is -2.49. The van der Waals surface area contributed by atoms with Gasteiger partial charge in [0.15, 0.2) is 0 Å². The Morgan fingerprint density at radius 3 is 2.06 bits per heavy atom. The standard InChI is InChI=1S/C14H30N2/c1-10(2)14(9-15-11(3)4)16(6)12(5)13-7-8-13/h10-15H,7-9H2,1-6H3. The van der Waals surface area contributed by atoms with Gasteiger partial charge in [0.25, 0.3) is 0 Å². The van der Waals surface area contributed by atoms with Gasteiger partial charge in [0.05, 0.1) is 0 Å². The molecule has 2 heteroatoms. The predicted molar refractivity (Wildman–Crippen MR) is 71.7 cm³/mol. The summed E-state index contributed by atoms with van der Waals surface area (Å²) in [5.41, 5.74) is 0. The highest BCUT2D eigenvalue weighted by Gasteiger charge is 2.33. The number of nitrogens with one attached hydrogen (secondary N) is 1. The minimum atomic E-state index is 0.589. The molecule has 96 valence electrons. The molecule has 1 aliphatic carbocycles. The molecule has 2 atom stereocenters. The summed E-state index contributed by atoms with van der Waals surface area (Å²) >= 11 is 0. The molecule has 0 aromatic carbocycles. The molecule has 0 aromatic heterocycles. The lowest BCUT2D eigenvalue weighted by molar-refractivity contribution is 0.127. The van der Waals surface area contributed by atoms with Gasteiger partial charge >= 0.3 is 0 Å². The van der Waals surface area contributed by atoms with Crippen molar-refractivity contribution in [3.05, 3.63) is 0 Å². The van der Waals surface area contributed by atoms with Crippen LogP contribution in [0, 0.1) is 11.8 Å². The first-order valence-corrected chi connectivity index (χ1v) is 6.88. The van der Waals surface area contributed by atoms with Crippen LogP contribution >= 0.6 is 0 Å². The van der Waals surface area contributed by atoms with Gasteiger partial charge in [0.1, 0.15) is 0 Å². The van der Waals surface area contributed by atoms with Crippen molar-refractivity contribution in [3.8, 4) is 0 Å². The van der Waals surface area contributed by atoms with E-state index < -0.39 is 0 Å². The maximum Gasteiger partial charge on any atom is 0.0243 e. The molecule has 0 radical (unpaired) electrons. The van der Waals surface area contributed by atoms with Gasteiger partial charge in [-0.15, -0.1) is 0 Å². The average molecular weight is 226 g/mol. The van der Waals surface area contributed by atoms with Crippen molar-refractivity contribution in [3.63, 3.8) is 0 Å². The summed E-state index contributed by atoms with van der Waals surface area (Å²) in [5.74, 6) is 1.68. The molecule has 0 bridgehead atoms. The van der Waals surface area contributed by atoms with Gasteiger partial charge in [-0.2, -0.15) is 0 Å². The first kappa shape index (κ1) is 14.0. The lowest BCUT2D eigenvalue weighted by atomic mass is 10.00. The summed E-state index contributed by atoms with van der Waals surface area (Å²) < 4.78 is 0. The highest BCUT2D eigenvalue weighted by Crippen LogP contribution is 2.35. The summed E-state index contributed by atoms with van der Waals surface area (Å²) in [4.78, 5) is 2.59. The first-order valence-electron chi connectivity index (χ1n) is 6.88. The SMILES string of the molecule is CC(C)NCC(C(C)C)N(C)C(C)C1CC1. The molecule has 16 heavy (non-hydrogen) atoms. The van der Waals surface area contributed by atoms with Gasteiger partial charge in [0, 0.05) is 24.7 Å². The Balaban J connectivity index is 2.46. The van der Waals surface area contributed by atoms with E-state index in [0.29, 0.717) is 12.1 Å². The van der Waals surface area contributed by atoms with Crippen molar-refractivity contribution in [2.45, 2.75) is 65.6 Å². The van der Waals surface area contributed by atoms with E-state index in [1.807, 2.05) is 0 Å². The highest BCUT2D eigenvalue weighted by molar-refractivity contribution is 4.88. The summed E-state index contributed by atoms with van der Waals surface area (Å²) in [6, 6.07) is 2.00. The molecule has 1 rings (SSSR count). The third kappa shape index (κ3) is 4.06. The summed E-state index contributed by atoms with van der Waals surface area (Å²) in [6.45, 7) is 12.6. The fourth-order valence-corrected chi connectivity index (χ4v) is 2.42. The van der Waals surface area contributed by atoms with Crippen LogP contribution in [0.5, 0.6) is 0 Å². The lowest BCUT2D eigenvalue weighted by Gasteiger charge is -2.36. The van der Waals surface area contributed by atoms with E-state index in [9.17, 15) is 0 Å². The van der Waals surface area contributed by atoms with Crippen LogP contribution in [0.2, 0.25) is 0 Å². The topological polar surface area (TPSA) is 15.3 Å². The smallest absolute Gasteiger partial charge is 0.0243 e. The Kier molecular flexibility index (Phi) is 5.26. The number of rotatable bonds is 7. The van der Waals surface area contributed by atoms with Gasteiger partial charge in [0.2, 0.25) is 0 Å². The number of likely N-dealkylation sites (N-methyl/N-ethyl adjacent to an activating group) is 1. The maximum atomic E-state index is 3.58. The van der Waals surface area contributed by atoms with Crippen molar-refractivity contribution in [2.75, 3.05) is 13.6 Å². The van der Waals surface area contributed by atoms with Crippen molar-refractivity contribution in [2.24, 2.45) is 11.8 Å². The predicted octanol–water partition coefficient (Wildman–Crippen LogP) is 2.74. The molecule has 0 heterocycles. The molecule has 0 spiro atoms. The van der Waals surface area contributed by atoms with Gasteiger partial charge in [-0.1, -0.05) is 27.7 Å². The fraction of sp³-hybridized carbons (Fsp3) is 1.00. The number of hydrogen-bond donors (Lipinski definition) is 1. The average Bonchev–Trinajstić information content (AvgIpc) is 2.98. The van der Waals surface area contributed by atoms with E-state index in [1.54, 1.807) is 0 Å². The Labute approximate surface area is 102 Å². The van der Waals surface area contributed by atoms with Crippen LogP contribution < -0.4 is 5.32 Å². The van der Waals surface area contributed by atoms with Crippen LogP contribution in [0.3, 0.4) is 0 Å². The van der Waals surface area contributed by atoms with Crippen LogP contribution in [-0.4, -0.2) is 36.6 Å². The summed E-state index contributed by atoms with van der Waals surface area (Å²) in [7, 11) is 2.30. The van der Waals surface area contributed by atoms with Crippen LogP contribution in [-0.2, 0) is 0 Å². The largest absolute Gasteiger partial charge is 0.313 e. The molecular weight excluding hydrogens is 196 g/mol. The zero-order valence-electron chi connectivity index (χ0n) is 12.0. The molecule has 1 aliphatic rings. The van der Waals surface area contributed by atoms with Crippen LogP contribution in [0.25, 0.3) is 0 Å². The Morgan fingerprint density at radius 1 is 1.12 bits per heavy atom. The Hall–Kier alpha value is -0.0800. The van der Waals surface area contributed by atoms with E-state index in [4.69, 9.17) is 0 Å². The molecule has 0 amide bonds. The summed E-state index contributed by atoms with van der Waals surface area (Å²) in [5, 5.41) is 3.58. The van der Waals surface area contributed by atoms with Gasteiger partial charge in [-0.3, -0.25) is 4.90 Å². The van der Waals surface area contributed by atoms with Crippen molar-refractivity contribution in [1.29, 1.82) is 0 Å². The quantitative estimate of drug-likeness (QED) is 0.718. The first-order chi connectivity index (χ1) is 7.43. The molecule has 0 saturated heterocycles. The molecule has 0 aromatic rings. The molecule has 1 fully saturated rings. The molecule has 2 unspecified atom stereocenters. The second kappa shape index (κ2) is 6.02. The minimum absolute atomic E-state index is 0.589. The fourth-order valence-electron chi connectivity index (χ4n) is 2.42. The van der Waals surface area contributed by atoms with Crippen molar-refractivity contribution >= 4 is 0 Å². The highest BCUT2D eigenvalue weighted by atomic mass is 15.2. The van der Waals surface area contributed by atoms with E-state index in [0.717, 1.165) is 24.4 Å². The molecule has 1 N–H and O–H groups in total. The van der Waals surface area contributed by atoms with Crippen LogP contribution in [0.1, 0.15) is 47.5 Å². The molecule has 0 aliphatic heterocycles. The molecular formula is C14H30N2. The molecule has 2 nitrogen and oxygen atoms in total. The van der Waals surface area contributed by atoms with Crippen molar-refractivity contribution in [1.82, 2.24) is 10.2 Å². The Morgan fingerprint density at radius 2 is 1.69 bits per heavy atom. The number of nitrogens with zero attached hydrogens (tertiary/aromatic N) is 1. The number of hydrogen-bond acceptors (Lipinski definition) is 2. The van der Waals surface area contributed by atoms with Gasteiger partial charge in [-0.25, -0.2) is 0 Å². The second-order valence-electron chi connectivity index (χ2n) is 6.12. The Bertz CT molecular complexity index is 197. The zero-order chi connectivity index (χ0) is 12.3. The zero-order valence-corrected chi connectivity index (χ0v) is 12.0.